The third kappa shape index (κ3) is 1.38. The first kappa shape index (κ1) is 5.91. The van der Waals surface area contributed by atoms with Crippen molar-refractivity contribution in [2.75, 3.05) is 20.2 Å². The van der Waals surface area contributed by atoms with E-state index in [0.717, 1.165) is 18.5 Å². The number of nitrogens with zero attached hydrogens (tertiary/aromatic N) is 1. The summed E-state index contributed by atoms with van der Waals surface area (Å²) in [6.07, 6.45) is 0. The van der Waals surface area contributed by atoms with E-state index in [0.29, 0.717) is 6.61 Å². The molecule has 1 fully saturated rings. The highest BCUT2D eigenvalue weighted by Gasteiger charge is 2.14. The summed E-state index contributed by atoms with van der Waals surface area (Å²) in [7, 11) is 1.87. The number of carbonyl (C=O) groups is 1. The predicted octanol–water partition coefficient (Wildman–Crippen LogP) is 0.717. The van der Waals surface area contributed by atoms with Crippen LogP contribution in [0.2, 0.25) is 0 Å². The van der Waals surface area contributed by atoms with Crippen molar-refractivity contribution in [1.82, 2.24) is 4.31 Å². The molecule has 0 aromatic rings. The van der Waals surface area contributed by atoms with Crippen molar-refractivity contribution < 1.29 is 9.53 Å². The molecular weight excluding hydrogens is 126 g/mol. The Labute approximate surface area is 52.1 Å². The van der Waals surface area contributed by atoms with Crippen molar-refractivity contribution >= 4 is 17.2 Å². The molecule has 4 heteroatoms. The minimum atomic E-state index is -0.196. The van der Waals surface area contributed by atoms with Gasteiger partial charge >= 0.3 is 5.30 Å². The standard InChI is InChI=1S/C4H7NO2S/c1-5-2-3-7-4(6)8-5/h2-3H2,1H3. The first-order valence-corrected chi connectivity index (χ1v) is 3.12. The van der Waals surface area contributed by atoms with Gasteiger partial charge in [0.2, 0.25) is 0 Å². The molecule has 1 saturated heterocycles. The molecule has 1 aliphatic heterocycles. The average molecular weight is 133 g/mol. The molecule has 0 aromatic carbocycles. The predicted molar refractivity (Wildman–Crippen MR) is 31.6 cm³/mol. The van der Waals surface area contributed by atoms with E-state index in [1.807, 2.05) is 11.4 Å². The lowest BCUT2D eigenvalue weighted by Crippen LogP contribution is -2.25. The molecule has 0 spiro atoms. The summed E-state index contributed by atoms with van der Waals surface area (Å²) in [5.41, 5.74) is 0. The van der Waals surface area contributed by atoms with Crippen LogP contribution in [-0.4, -0.2) is 29.8 Å². The van der Waals surface area contributed by atoms with E-state index in [1.54, 1.807) is 0 Å². The summed E-state index contributed by atoms with van der Waals surface area (Å²) in [5.74, 6) is 0. The van der Waals surface area contributed by atoms with Crippen molar-refractivity contribution in [3.8, 4) is 0 Å². The second-order valence-corrected chi connectivity index (χ2v) is 2.68. The highest BCUT2D eigenvalue weighted by atomic mass is 32.2. The molecule has 0 N–H and O–H groups in total. The smallest absolute Gasteiger partial charge is 0.382 e. The van der Waals surface area contributed by atoms with Gasteiger partial charge in [0.05, 0.1) is 0 Å². The number of hydrogen-bond donors (Lipinski definition) is 0. The number of cyclic esters (lactones) is 1. The molecule has 0 amide bonds. The molecule has 0 aromatic heterocycles. The van der Waals surface area contributed by atoms with Gasteiger partial charge in [0.1, 0.15) is 6.61 Å². The Morgan fingerprint density at radius 2 is 2.62 bits per heavy atom. The molecule has 1 rings (SSSR count). The van der Waals surface area contributed by atoms with Crippen LogP contribution in [0.5, 0.6) is 0 Å². The molecule has 46 valence electrons. The summed E-state index contributed by atoms with van der Waals surface area (Å²) >= 11 is 1.11. The van der Waals surface area contributed by atoms with Crippen LogP contribution in [0, 0.1) is 0 Å². The van der Waals surface area contributed by atoms with Gasteiger partial charge in [-0.25, -0.2) is 9.10 Å². The molecule has 0 saturated carbocycles. The quantitative estimate of drug-likeness (QED) is 0.359. The van der Waals surface area contributed by atoms with Gasteiger partial charge in [0.25, 0.3) is 0 Å². The average Bonchev–Trinajstić information content (AvgIpc) is 1.64. The third-order valence-electron chi connectivity index (χ3n) is 0.856. The fraction of sp³-hybridized carbons (Fsp3) is 0.750. The van der Waals surface area contributed by atoms with E-state index < -0.39 is 0 Å². The Bertz CT molecular complexity index is 106. The fourth-order valence-electron chi connectivity index (χ4n) is 0.457. The summed E-state index contributed by atoms with van der Waals surface area (Å²) in [5, 5.41) is -0.196. The maximum atomic E-state index is 10.4. The summed E-state index contributed by atoms with van der Waals surface area (Å²) in [4.78, 5) is 10.4. The molecule has 3 nitrogen and oxygen atoms in total. The normalized spacial score (nSPS) is 22.9. The molecule has 0 radical (unpaired) electrons. The first-order valence-electron chi connectivity index (χ1n) is 2.35. The van der Waals surface area contributed by atoms with Gasteiger partial charge in [-0.2, -0.15) is 0 Å². The molecule has 0 atom stereocenters. The van der Waals surface area contributed by atoms with Gasteiger partial charge in [0.15, 0.2) is 0 Å². The lowest BCUT2D eigenvalue weighted by Gasteiger charge is -2.18. The van der Waals surface area contributed by atoms with Crippen LogP contribution >= 0.6 is 11.9 Å². The molecule has 0 unspecified atom stereocenters. The molecule has 1 heterocycles. The zero-order valence-corrected chi connectivity index (χ0v) is 5.40. The second kappa shape index (κ2) is 2.37. The van der Waals surface area contributed by atoms with Gasteiger partial charge in [-0.1, -0.05) is 0 Å². The van der Waals surface area contributed by atoms with E-state index in [4.69, 9.17) is 0 Å². The molecule has 1 aliphatic rings. The van der Waals surface area contributed by atoms with Crippen molar-refractivity contribution in [1.29, 1.82) is 0 Å². The number of carbonyl (C=O) groups excluding carboxylic acids is 1. The highest BCUT2D eigenvalue weighted by Crippen LogP contribution is 2.13. The second-order valence-electron chi connectivity index (χ2n) is 1.54. The Morgan fingerprint density at radius 3 is 3.00 bits per heavy atom. The van der Waals surface area contributed by atoms with Crippen LogP contribution in [0.25, 0.3) is 0 Å². The lowest BCUT2D eigenvalue weighted by atomic mass is 10.7. The van der Waals surface area contributed by atoms with Gasteiger partial charge in [0, 0.05) is 18.5 Å². The Balaban J connectivity index is 2.34. The first-order chi connectivity index (χ1) is 3.79. The maximum Gasteiger partial charge on any atom is 0.382 e. The topological polar surface area (TPSA) is 29.5 Å². The van der Waals surface area contributed by atoms with Crippen molar-refractivity contribution in [3.05, 3.63) is 0 Å². The van der Waals surface area contributed by atoms with Crippen LogP contribution < -0.4 is 0 Å². The fourth-order valence-corrected chi connectivity index (χ4v) is 1.01. The van der Waals surface area contributed by atoms with E-state index in [-0.39, 0.29) is 5.30 Å². The van der Waals surface area contributed by atoms with Crippen molar-refractivity contribution in [2.24, 2.45) is 0 Å². The van der Waals surface area contributed by atoms with Crippen LogP contribution in [0.15, 0.2) is 0 Å². The zero-order valence-electron chi connectivity index (χ0n) is 4.59. The van der Waals surface area contributed by atoms with Crippen molar-refractivity contribution in [2.45, 2.75) is 0 Å². The largest absolute Gasteiger partial charge is 0.455 e. The highest BCUT2D eigenvalue weighted by molar-refractivity contribution is 8.11. The molecule has 8 heavy (non-hydrogen) atoms. The lowest BCUT2D eigenvalue weighted by molar-refractivity contribution is 0.162. The van der Waals surface area contributed by atoms with Crippen LogP contribution in [-0.2, 0) is 4.74 Å². The molecule has 0 aliphatic carbocycles. The molecular formula is C4H7NO2S. The Hall–Kier alpha value is -0.220. The number of rotatable bonds is 0. The van der Waals surface area contributed by atoms with Crippen LogP contribution in [0.3, 0.4) is 0 Å². The van der Waals surface area contributed by atoms with E-state index in [2.05, 4.69) is 4.74 Å². The summed E-state index contributed by atoms with van der Waals surface area (Å²) < 4.78 is 6.48. The summed E-state index contributed by atoms with van der Waals surface area (Å²) in [6, 6.07) is 0. The number of ether oxygens (including phenoxy) is 1. The van der Waals surface area contributed by atoms with Crippen LogP contribution in [0.4, 0.5) is 4.79 Å². The third-order valence-corrected chi connectivity index (χ3v) is 1.62. The van der Waals surface area contributed by atoms with Gasteiger partial charge < -0.3 is 4.74 Å². The minimum Gasteiger partial charge on any atom is -0.455 e. The SMILES string of the molecule is CN1CCOC(=O)S1. The maximum absolute atomic E-state index is 10.4. The minimum absolute atomic E-state index is 0.196. The Morgan fingerprint density at radius 1 is 1.88 bits per heavy atom. The van der Waals surface area contributed by atoms with Gasteiger partial charge in [-0.05, 0) is 7.05 Å². The molecule has 0 bridgehead atoms. The Kier molecular flexibility index (Phi) is 1.75. The zero-order chi connectivity index (χ0) is 5.98. The van der Waals surface area contributed by atoms with E-state index in [1.165, 1.54) is 0 Å². The number of hydrogen-bond acceptors (Lipinski definition) is 4. The van der Waals surface area contributed by atoms with E-state index in [9.17, 15) is 4.79 Å². The number of likely N-dealkylation sites (N-methyl/N-ethyl adjacent to an activating group) is 1. The van der Waals surface area contributed by atoms with E-state index >= 15 is 0 Å². The summed E-state index contributed by atoms with van der Waals surface area (Å²) in [6.45, 7) is 1.36. The van der Waals surface area contributed by atoms with Crippen molar-refractivity contribution in [3.63, 3.8) is 0 Å². The van der Waals surface area contributed by atoms with Gasteiger partial charge in [-0.3, -0.25) is 0 Å². The van der Waals surface area contributed by atoms with Crippen LogP contribution in [0.1, 0.15) is 0 Å². The van der Waals surface area contributed by atoms with Gasteiger partial charge in [-0.15, -0.1) is 0 Å². The monoisotopic (exact) mass is 133 g/mol.